The van der Waals surface area contributed by atoms with E-state index in [-0.39, 0.29) is 0 Å². The molecule has 0 saturated heterocycles. The number of fused-ring (bicyclic) bond motifs is 1. The van der Waals surface area contributed by atoms with Crippen molar-refractivity contribution in [3.63, 3.8) is 0 Å². The Hall–Kier alpha value is -1.28. The van der Waals surface area contributed by atoms with Gasteiger partial charge in [0.2, 0.25) is 0 Å². The summed E-state index contributed by atoms with van der Waals surface area (Å²) in [5.74, 6) is 0. The molecule has 1 aromatic rings. The lowest BCUT2D eigenvalue weighted by atomic mass is 10.2. The molecule has 2 rings (SSSR count). The fraction of sp³-hybridized carbons (Fsp3) is 0.385. The molecule has 15 heavy (non-hydrogen) atoms. The minimum Gasteiger partial charge on any atom is -0.370 e. The minimum absolute atomic E-state index is 0.898. The maximum absolute atomic E-state index is 3.69. The van der Waals surface area contributed by atoms with Crippen molar-refractivity contribution in [3.05, 3.63) is 42.5 Å². The Morgan fingerprint density at radius 3 is 3.13 bits per heavy atom. The molecule has 2 heteroatoms. The maximum Gasteiger partial charge on any atom is 0.0399 e. The molecule has 0 fully saturated rings. The molecule has 0 spiro atoms. The number of benzene rings is 1. The fourth-order valence-corrected chi connectivity index (χ4v) is 2.06. The SMILES string of the molecule is C=CCNCCN1CCc2ccccc21. The molecule has 1 aromatic carbocycles. The normalized spacial score (nSPS) is 14.0. The first-order valence-corrected chi connectivity index (χ1v) is 5.56. The molecule has 0 unspecified atom stereocenters. The van der Waals surface area contributed by atoms with E-state index in [1.165, 1.54) is 17.7 Å². The van der Waals surface area contributed by atoms with Gasteiger partial charge in [-0.3, -0.25) is 0 Å². The number of rotatable bonds is 5. The van der Waals surface area contributed by atoms with Crippen LogP contribution in [0.3, 0.4) is 0 Å². The molecule has 0 aliphatic carbocycles. The van der Waals surface area contributed by atoms with Gasteiger partial charge in [0, 0.05) is 31.9 Å². The van der Waals surface area contributed by atoms with Crippen molar-refractivity contribution >= 4 is 5.69 Å². The van der Waals surface area contributed by atoms with Gasteiger partial charge >= 0.3 is 0 Å². The lowest BCUT2D eigenvalue weighted by Crippen LogP contribution is -2.30. The van der Waals surface area contributed by atoms with Gasteiger partial charge in [-0.05, 0) is 18.1 Å². The number of nitrogens with zero attached hydrogens (tertiary/aromatic N) is 1. The van der Waals surface area contributed by atoms with Gasteiger partial charge in [0.1, 0.15) is 0 Å². The zero-order valence-electron chi connectivity index (χ0n) is 9.08. The van der Waals surface area contributed by atoms with E-state index in [0.29, 0.717) is 0 Å². The zero-order chi connectivity index (χ0) is 10.5. The molecule has 1 aliphatic heterocycles. The zero-order valence-corrected chi connectivity index (χ0v) is 9.08. The van der Waals surface area contributed by atoms with Crippen LogP contribution in [0.1, 0.15) is 5.56 Å². The van der Waals surface area contributed by atoms with Gasteiger partial charge in [-0.1, -0.05) is 24.3 Å². The van der Waals surface area contributed by atoms with Crippen molar-refractivity contribution in [1.82, 2.24) is 5.32 Å². The third-order valence-corrected chi connectivity index (χ3v) is 2.83. The third-order valence-electron chi connectivity index (χ3n) is 2.83. The average molecular weight is 202 g/mol. The van der Waals surface area contributed by atoms with E-state index >= 15 is 0 Å². The molecule has 1 N–H and O–H groups in total. The summed E-state index contributed by atoms with van der Waals surface area (Å²) >= 11 is 0. The summed E-state index contributed by atoms with van der Waals surface area (Å²) in [5, 5.41) is 3.33. The van der Waals surface area contributed by atoms with Gasteiger partial charge in [0.25, 0.3) is 0 Å². The van der Waals surface area contributed by atoms with E-state index in [1.807, 2.05) is 6.08 Å². The Kier molecular flexibility index (Phi) is 3.41. The Morgan fingerprint density at radius 2 is 2.27 bits per heavy atom. The highest BCUT2D eigenvalue weighted by Gasteiger charge is 2.16. The van der Waals surface area contributed by atoms with Crippen molar-refractivity contribution in [2.24, 2.45) is 0 Å². The topological polar surface area (TPSA) is 15.3 Å². The van der Waals surface area contributed by atoms with Crippen LogP contribution < -0.4 is 10.2 Å². The van der Waals surface area contributed by atoms with Crippen molar-refractivity contribution in [2.45, 2.75) is 6.42 Å². The van der Waals surface area contributed by atoms with Gasteiger partial charge in [0.15, 0.2) is 0 Å². The molecular weight excluding hydrogens is 184 g/mol. The van der Waals surface area contributed by atoms with Crippen LogP contribution in [-0.2, 0) is 6.42 Å². The number of para-hydroxylation sites is 1. The number of hydrogen-bond donors (Lipinski definition) is 1. The van der Waals surface area contributed by atoms with Gasteiger partial charge in [-0.15, -0.1) is 6.58 Å². The average Bonchev–Trinajstić information content (AvgIpc) is 2.68. The van der Waals surface area contributed by atoms with Crippen molar-refractivity contribution in [3.8, 4) is 0 Å². The summed E-state index contributed by atoms with van der Waals surface area (Å²) in [5.41, 5.74) is 2.90. The number of anilines is 1. The van der Waals surface area contributed by atoms with E-state index in [9.17, 15) is 0 Å². The quantitative estimate of drug-likeness (QED) is 0.579. The van der Waals surface area contributed by atoms with Gasteiger partial charge < -0.3 is 10.2 Å². The molecule has 0 atom stereocenters. The molecule has 0 aromatic heterocycles. The van der Waals surface area contributed by atoms with E-state index in [2.05, 4.69) is 41.1 Å². The number of hydrogen-bond acceptors (Lipinski definition) is 2. The molecular formula is C13H18N2. The monoisotopic (exact) mass is 202 g/mol. The van der Waals surface area contributed by atoms with Crippen molar-refractivity contribution < 1.29 is 0 Å². The molecule has 80 valence electrons. The second-order valence-electron chi connectivity index (χ2n) is 3.86. The van der Waals surface area contributed by atoms with Crippen LogP contribution in [0, 0.1) is 0 Å². The van der Waals surface area contributed by atoms with E-state index in [0.717, 1.165) is 26.2 Å². The van der Waals surface area contributed by atoms with Crippen LogP contribution in [0.4, 0.5) is 5.69 Å². The van der Waals surface area contributed by atoms with Crippen LogP contribution in [0.2, 0.25) is 0 Å². The highest BCUT2D eigenvalue weighted by atomic mass is 15.2. The molecule has 0 radical (unpaired) electrons. The summed E-state index contributed by atoms with van der Waals surface area (Å²) in [6, 6.07) is 8.69. The number of nitrogens with one attached hydrogen (secondary N) is 1. The minimum atomic E-state index is 0.898. The lowest BCUT2D eigenvalue weighted by Gasteiger charge is -2.19. The van der Waals surface area contributed by atoms with Crippen molar-refractivity contribution in [1.29, 1.82) is 0 Å². The van der Waals surface area contributed by atoms with Gasteiger partial charge in [-0.2, -0.15) is 0 Å². The molecule has 1 heterocycles. The Bertz CT molecular complexity index is 333. The highest BCUT2D eigenvalue weighted by molar-refractivity contribution is 5.57. The molecule has 1 aliphatic rings. The van der Waals surface area contributed by atoms with Crippen LogP contribution in [0.15, 0.2) is 36.9 Å². The summed E-state index contributed by atoms with van der Waals surface area (Å²) in [7, 11) is 0. The predicted octanol–water partition coefficient (Wildman–Crippen LogP) is 1.82. The van der Waals surface area contributed by atoms with Gasteiger partial charge in [-0.25, -0.2) is 0 Å². The Morgan fingerprint density at radius 1 is 1.40 bits per heavy atom. The smallest absolute Gasteiger partial charge is 0.0399 e. The first kappa shape index (κ1) is 10.2. The van der Waals surface area contributed by atoms with Crippen LogP contribution in [0.5, 0.6) is 0 Å². The maximum atomic E-state index is 3.69. The summed E-state index contributed by atoms with van der Waals surface area (Å²) < 4.78 is 0. The van der Waals surface area contributed by atoms with Gasteiger partial charge in [0.05, 0.1) is 0 Å². The molecule has 2 nitrogen and oxygen atoms in total. The second kappa shape index (κ2) is 4.99. The predicted molar refractivity (Wildman–Crippen MR) is 65.4 cm³/mol. The Labute approximate surface area is 91.6 Å². The molecule has 0 bridgehead atoms. The van der Waals surface area contributed by atoms with E-state index in [1.54, 1.807) is 0 Å². The van der Waals surface area contributed by atoms with Crippen LogP contribution in [0.25, 0.3) is 0 Å². The second-order valence-corrected chi connectivity index (χ2v) is 3.86. The molecule has 0 amide bonds. The van der Waals surface area contributed by atoms with Crippen molar-refractivity contribution in [2.75, 3.05) is 31.1 Å². The van der Waals surface area contributed by atoms with E-state index < -0.39 is 0 Å². The van der Waals surface area contributed by atoms with Crippen LogP contribution in [-0.4, -0.2) is 26.2 Å². The Balaban J connectivity index is 1.88. The summed E-state index contributed by atoms with van der Waals surface area (Å²) in [6.07, 6.45) is 3.09. The largest absolute Gasteiger partial charge is 0.370 e. The third kappa shape index (κ3) is 2.39. The summed E-state index contributed by atoms with van der Waals surface area (Å²) in [6.45, 7) is 7.87. The highest BCUT2D eigenvalue weighted by Crippen LogP contribution is 2.26. The first-order chi connectivity index (χ1) is 7.42. The summed E-state index contributed by atoms with van der Waals surface area (Å²) in [4.78, 5) is 2.45. The fourth-order valence-electron chi connectivity index (χ4n) is 2.06. The van der Waals surface area contributed by atoms with Crippen LogP contribution >= 0.6 is 0 Å². The van der Waals surface area contributed by atoms with E-state index in [4.69, 9.17) is 0 Å². The lowest BCUT2D eigenvalue weighted by molar-refractivity contribution is 0.711. The first-order valence-electron chi connectivity index (χ1n) is 5.56. The molecule has 0 saturated carbocycles. The standard InChI is InChI=1S/C13H18N2/c1-2-8-14-9-11-15-10-7-12-5-3-4-6-13(12)15/h2-6,14H,1,7-11H2.